The average molecular weight is 347 g/mol. The maximum absolute atomic E-state index is 11.9. The van der Waals surface area contributed by atoms with Gasteiger partial charge < -0.3 is 0 Å². The first kappa shape index (κ1) is 13.7. The fourth-order valence-corrected chi connectivity index (χ4v) is 4.46. The summed E-state index contributed by atoms with van der Waals surface area (Å²) in [6.07, 6.45) is 2.27. The second-order valence-electron chi connectivity index (χ2n) is 3.53. The van der Waals surface area contributed by atoms with Crippen LogP contribution in [-0.2, 0) is 16.4 Å². The van der Waals surface area contributed by atoms with Crippen molar-refractivity contribution in [2.75, 3.05) is 6.54 Å². The molecule has 2 aromatic heterocycles. The molecule has 0 saturated heterocycles. The number of sulfonamides is 1. The molecule has 0 aliphatic heterocycles. The van der Waals surface area contributed by atoms with Crippen LogP contribution in [0.25, 0.3) is 0 Å². The summed E-state index contributed by atoms with van der Waals surface area (Å²) in [7, 11) is -3.40. The summed E-state index contributed by atoms with van der Waals surface area (Å²) in [6.45, 7) is 0.342. The minimum Gasteiger partial charge on any atom is -0.261 e. The van der Waals surface area contributed by atoms with Crippen molar-refractivity contribution in [3.05, 3.63) is 46.0 Å². The lowest BCUT2D eigenvalue weighted by atomic mass is 10.3. The molecule has 0 aliphatic carbocycles. The van der Waals surface area contributed by atoms with Gasteiger partial charge in [-0.2, -0.15) is 0 Å². The first-order chi connectivity index (χ1) is 8.58. The minimum absolute atomic E-state index is 0.315. The third kappa shape index (κ3) is 3.61. The first-order valence-electron chi connectivity index (χ1n) is 5.23. The molecule has 0 amide bonds. The van der Waals surface area contributed by atoms with Crippen LogP contribution < -0.4 is 4.72 Å². The third-order valence-corrected chi connectivity index (χ3v) is 5.79. The molecule has 0 aliphatic rings. The molecule has 0 spiro atoms. The fourth-order valence-electron chi connectivity index (χ4n) is 1.37. The molecule has 2 rings (SSSR count). The Balaban J connectivity index is 1.94. The number of aromatic nitrogens is 1. The Morgan fingerprint density at radius 3 is 2.72 bits per heavy atom. The largest absolute Gasteiger partial charge is 0.261 e. The number of halogens is 1. The summed E-state index contributed by atoms with van der Waals surface area (Å²) in [5, 5.41) is 0. The van der Waals surface area contributed by atoms with Gasteiger partial charge in [0.25, 0.3) is 0 Å². The van der Waals surface area contributed by atoms with E-state index in [-0.39, 0.29) is 0 Å². The van der Waals surface area contributed by atoms with Gasteiger partial charge in [-0.25, -0.2) is 13.1 Å². The molecule has 0 radical (unpaired) electrons. The van der Waals surface area contributed by atoms with Gasteiger partial charge in [-0.3, -0.25) is 4.98 Å². The van der Waals surface area contributed by atoms with Crippen molar-refractivity contribution >= 4 is 37.3 Å². The standard InChI is InChI=1S/C11H11BrN2O2S2/c12-10-4-5-11(17-10)18(15,16)14-8-6-9-3-1-2-7-13-9/h1-5,7,14H,6,8H2. The van der Waals surface area contributed by atoms with Gasteiger partial charge in [0.1, 0.15) is 4.21 Å². The second-order valence-corrected chi connectivity index (χ2v) is 7.98. The molecule has 2 heterocycles. The Kier molecular flexibility index (Phi) is 4.50. The van der Waals surface area contributed by atoms with Crippen LogP contribution in [0.3, 0.4) is 0 Å². The first-order valence-corrected chi connectivity index (χ1v) is 8.32. The van der Waals surface area contributed by atoms with E-state index in [1.807, 2.05) is 18.2 Å². The van der Waals surface area contributed by atoms with Crippen LogP contribution in [-0.4, -0.2) is 19.9 Å². The summed E-state index contributed by atoms with van der Waals surface area (Å²) in [4.78, 5) is 4.14. The van der Waals surface area contributed by atoms with Crippen LogP contribution in [0.5, 0.6) is 0 Å². The second kappa shape index (κ2) is 5.92. The molecule has 0 unspecified atom stereocenters. The van der Waals surface area contributed by atoms with Gasteiger partial charge >= 0.3 is 0 Å². The molecular weight excluding hydrogens is 336 g/mol. The van der Waals surface area contributed by atoms with E-state index in [0.29, 0.717) is 17.2 Å². The lowest BCUT2D eigenvalue weighted by molar-refractivity contribution is 0.583. The van der Waals surface area contributed by atoms with E-state index < -0.39 is 10.0 Å². The number of hydrogen-bond donors (Lipinski definition) is 1. The van der Waals surface area contributed by atoms with Crippen molar-refractivity contribution in [2.24, 2.45) is 0 Å². The maximum Gasteiger partial charge on any atom is 0.250 e. The van der Waals surface area contributed by atoms with Gasteiger partial charge in [0, 0.05) is 24.9 Å². The van der Waals surface area contributed by atoms with Crippen molar-refractivity contribution < 1.29 is 8.42 Å². The van der Waals surface area contributed by atoms with Gasteiger partial charge in [-0.15, -0.1) is 11.3 Å². The fraction of sp³-hybridized carbons (Fsp3) is 0.182. The smallest absolute Gasteiger partial charge is 0.250 e. The summed E-state index contributed by atoms with van der Waals surface area (Å²) >= 11 is 4.44. The summed E-state index contributed by atoms with van der Waals surface area (Å²) in [5.41, 5.74) is 0.868. The van der Waals surface area contributed by atoms with Crippen molar-refractivity contribution in [1.82, 2.24) is 9.71 Å². The molecule has 96 valence electrons. The van der Waals surface area contributed by atoms with Crippen LogP contribution in [0, 0.1) is 0 Å². The number of pyridine rings is 1. The molecule has 7 heteroatoms. The Bertz CT molecular complexity index is 611. The highest BCUT2D eigenvalue weighted by Gasteiger charge is 2.15. The van der Waals surface area contributed by atoms with Gasteiger partial charge in [-0.1, -0.05) is 6.07 Å². The van der Waals surface area contributed by atoms with E-state index in [2.05, 4.69) is 25.6 Å². The van der Waals surface area contributed by atoms with Gasteiger partial charge in [0.15, 0.2) is 0 Å². The third-order valence-electron chi connectivity index (χ3n) is 2.21. The van der Waals surface area contributed by atoms with Gasteiger partial charge in [0.05, 0.1) is 3.79 Å². The van der Waals surface area contributed by atoms with Crippen molar-refractivity contribution in [3.8, 4) is 0 Å². The molecule has 4 nitrogen and oxygen atoms in total. The van der Waals surface area contributed by atoms with Crippen molar-refractivity contribution in [3.63, 3.8) is 0 Å². The van der Waals surface area contributed by atoms with Crippen LogP contribution in [0.4, 0.5) is 0 Å². The quantitative estimate of drug-likeness (QED) is 0.904. The lowest BCUT2D eigenvalue weighted by Crippen LogP contribution is -2.25. The zero-order chi connectivity index (χ0) is 13.0. The van der Waals surface area contributed by atoms with Crippen LogP contribution in [0.15, 0.2) is 44.5 Å². The number of hydrogen-bond acceptors (Lipinski definition) is 4. The maximum atomic E-state index is 11.9. The Hall–Kier alpha value is -0.760. The van der Waals surface area contributed by atoms with E-state index in [0.717, 1.165) is 9.48 Å². The number of nitrogens with zero attached hydrogens (tertiary/aromatic N) is 1. The average Bonchev–Trinajstić information content (AvgIpc) is 2.78. The summed E-state index contributed by atoms with van der Waals surface area (Å²) < 4.78 is 27.5. The Morgan fingerprint density at radius 1 is 1.28 bits per heavy atom. The lowest BCUT2D eigenvalue weighted by Gasteiger charge is -2.04. The van der Waals surface area contributed by atoms with E-state index >= 15 is 0 Å². The predicted molar refractivity (Wildman–Crippen MR) is 75.1 cm³/mol. The molecule has 0 fully saturated rings. The van der Waals surface area contributed by atoms with E-state index in [1.165, 1.54) is 11.3 Å². The normalized spacial score (nSPS) is 11.6. The van der Waals surface area contributed by atoms with Crippen LogP contribution in [0.1, 0.15) is 5.69 Å². The molecule has 0 saturated carbocycles. The van der Waals surface area contributed by atoms with Crippen molar-refractivity contribution in [2.45, 2.75) is 10.6 Å². The zero-order valence-corrected chi connectivity index (χ0v) is 12.6. The molecular formula is C11H11BrN2O2S2. The Morgan fingerprint density at radius 2 is 2.11 bits per heavy atom. The van der Waals surface area contributed by atoms with E-state index in [1.54, 1.807) is 18.3 Å². The molecule has 0 aromatic carbocycles. The van der Waals surface area contributed by atoms with E-state index in [9.17, 15) is 8.42 Å². The number of nitrogens with one attached hydrogen (secondary N) is 1. The summed E-state index contributed by atoms with van der Waals surface area (Å²) in [5.74, 6) is 0. The highest BCUT2D eigenvalue weighted by Crippen LogP contribution is 2.25. The number of thiophene rings is 1. The molecule has 0 atom stereocenters. The topological polar surface area (TPSA) is 59.1 Å². The molecule has 2 aromatic rings. The molecule has 18 heavy (non-hydrogen) atoms. The van der Waals surface area contributed by atoms with Crippen LogP contribution >= 0.6 is 27.3 Å². The Labute approximate surface area is 118 Å². The minimum atomic E-state index is -3.40. The molecule has 1 N–H and O–H groups in total. The summed E-state index contributed by atoms with van der Waals surface area (Å²) in [6, 6.07) is 8.88. The monoisotopic (exact) mass is 346 g/mol. The highest BCUT2D eigenvalue weighted by atomic mass is 79.9. The van der Waals surface area contributed by atoms with Crippen molar-refractivity contribution in [1.29, 1.82) is 0 Å². The van der Waals surface area contributed by atoms with Gasteiger partial charge in [-0.05, 0) is 40.2 Å². The zero-order valence-electron chi connectivity index (χ0n) is 9.34. The molecule has 0 bridgehead atoms. The number of rotatable bonds is 5. The highest BCUT2D eigenvalue weighted by molar-refractivity contribution is 9.11. The predicted octanol–water partition coefficient (Wildman–Crippen LogP) is 2.43. The SMILES string of the molecule is O=S(=O)(NCCc1ccccn1)c1ccc(Br)s1. The van der Waals surface area contributed by atoms with E-state index in [4.69, 9.17) is 0 Å². The van der Waals surface area contributed by atoms with Crippen LogP contribution in [0.2, 0.25) is 0 Å². The van der Waals surface area contributed by atoms with Gasteiger partial charge in [0.2, 0.25) is 10.0 Å².